The van der Waals surface area contributed by atoms with Crippen LogP contribution in [0.2, 0.25) is 0 Å². The van der Waals surface area contributed by atoms with Crippen molar-refractivity contribution >= 4 is 50.5 Å². The SMILES string of the molecule is Cc1ccc(/C=C/c2ccc(N(CCO)CCOCC(O)Cn3cc(COC(=O)CCCOCCOC(=O)CCCOP(=O)(O)OCC(COC=O)OC=O)nn3)cc2)cn1. The molecule has 0 fully saturated rings. The van der Waals surface area contributed by atoms with E-state index in [1.165, 1.54) is 4.68 Å². The number of hydrogen-bond acceptors (Lipinski definition) is 19. The molecule has 1 aromatic carbocycles. The summed E-state index contributed by atoms with van der Waals surface area (Å²) in [5, 5.41) is 28.0. The van der Waals surface area contributed by atoms with Gasteiger partial charge in [0.15, 0.2) is 6.10 Å². The lowest BCUT2D eigenvalue weighted by Gasteiger charge is -2.24. The lowest BCUT2D eigenvalue weighted by molar-refractivity contribution is -0.145. The molecule has 0 aliphatic rings. The molecule has 2 heterocycles. The van der Waals surface area contributed by atoms with E-state index in [1.807, 2.05) is 66.6 Å². The van der Waals surface area contributed by atoms with Crippen LogP contribution in [0.4, 0.5) is 5.69 Å². The van der Waals surface area contributed by atoms with Gasteiger partial charge in [-0.15, -0.1) is 5.10 Å². The molecule has 336 valence electrons. The standard InChI is InChI=1S/C39H54N5O16P/c1-31-6-7-33(22-40-31)9-8-32-10-12-35(13-11-32)43(14-16-45)15-19-54-26-36(48)24-44-23-34(41-42-44)25-57-39(50)4-2-17-53-20-21-56-38(49)5-3-18-59-61(51,52)60-28-37(58-30-47)27-55-29-46/h6-13,22-23,29-30,36-37,45,48H,2-5,14-21,24-28H2,1H3,(H,51,52)/b9-8+. The number of carbonyl (C=O) groups excluding carboxylic acids is 4. The summed E-state index contributed by atoms with van der Waals surface area (Å²) in [4.78, 5) is 60.7. The zero-order valence-electron chi connectivity index (χ0n) is 33.9. The average molecular weight is 880 g/mol. The van der Waals surface area contributed by atoms with E-state index in [1.54, 1.807) is 6.20 Å². The maximum atomic E-state index is 12.2. The molecule has 0 spiro atoms. The first kappa shape index (κ1) is 50.2. The van der Waals surface area contributed by atoms with Crippen LogP contribution in [0.25, 0.3) is 12.2 Å². The second kappa shape index (κ2) is 29.2. The van der Waals surface area contributed by atoms with E-state index < -0.39 is 38.6 Å². The highest BCUT2D eigenvalue weighted by Gasteiger charge is 2.24. The predicted octanol–water partition coefficient (Wildman–Crippen LogP) is 2.04. The Bertz CT molecular complexity index is 1800. The number of anilines is 1. The molecule has 0 aliphatic carbocycles. The van der Waals surface area contributed by atoms with E-state index in [0.717, 1.165) is 22.5 Å². The highest BCUT2D eigenvalue weighted by molar-refractivity contribution is 7.47. The predicted molar refractivity (Wildman–Crippen MR) is 215 cm³/mol. The molecular formula is C39H54N5O16P. The number of esters is 2. The third-order valence-corrected chi connectivity index (χ3v) is 9.16. The number of rotatable bonds is 34. The van der Waals surface area contributed by atoms with Gasteiger partial charge in [-0.25, -0.2) is 9.25 Å². The summed E-state index contributed by atoms with van der Waals surface area (Å²) < 4.78 is 53.1. The molecule has 2 aromatic heterocycles. The smallest absolute Gasteiger partial charge is 0.464 e. The minimum absolute atomic E-state index is 0.0270. The van der Waals surface area contributed by atoms with Crippen LogP contribution in [0.15, 0.2) is 48.8 Å². The number of carbonyl (C=O) groups is 4. The van der Waals surface area contributed by atoms with Crippen molar-refractivity contribution in [2.24, 2.45) is 0 Å². The van der Waals surface area contributed by atoms with Crippen molar-refractivity contribution in [1.29, 1.82) is 0 Å². The molecule has 3 N–H and O–H groups in total. The van der Waals surface area contributed by atoms with Crippen molar-refractivity contribution in [3.63, 3.8) is 0 Å². The molecule has 61 heavy (non-hydrogen) atoms. The zero-order valence-corrected chi connectivity index (χ0v) is 34.8. The third-order valence-electron chi connectivity index (χ3n) is 8.17. The van der Waals surface area contributed by atoms with Crippen LogP contribution >= 0.6 is 7.82 Å². The maximum absolute atomic E-state index is 12.2. The number of phosphoric acid groups is 1. The zero-order chi connectivity index (χ0) is 44.1. The minimum atomic E-state index is -4.52. The number of aliphatic hydroxyl groups excluding tert-OH is 2. The third kappa shape index (κ3) is 22.3. The molecule has 22 heteroatoms. The van der Waals surface area contributed by atoms with Gasteiger partial charge in [-0.1, -0.05) is 35.6 Å². The minimum Gasteiger partial charge on any atom is -0.464 e. The molecule has 3 aromatic rings. The fourth-order valence-electron chi connectivity index (χ4n) is 5.11. The largest absolute Gasteiger partial charge is 0.472 e. The number of pyridine rings is 1. The van der Waals surface area contributed by atoms with E-state index in [-0.39, 0.29) is 91.6 Å². The van der Waals surface area contributed by atoms with Crippen molar-refractivity contribution in [2.75, 3.05) is 77.5 Å². The molecule has 0 amide bonds. The van der Waals surface area contributed by atoms with Gasteiger partial charge in [-0.3, -0.25) is 33.2 Å². The summed E-state index contributed by atoms with van der Waals surface area (Å²) >= 11 is 0. The summed E-state index contributed by atoms with van der Waals surface area (Å²) in [5.74, 6) is -1.06. The second-order valence-electron chi connectivity index (χ2n) is 13.1. The number of benzene rings is 1. The number of nitrogens with zero attached hydrogens (tertiary/aromatic N) is 5. The van der Waals surface area contributed by atoms with Crippen molar-refractivity contribution < 1.29 is 76.3 Å². The lowest BCUT2D eigenvalue weighted by Crippen LogP contribution is -2.31. The van der Waals surface area contributed by atoms with Gasteiger partial charge in [0.05, 0.1) is 58.5 Å². The van der Waals surface area contributed by atoms with E-state index in [4.69, 9.17) is 23.5 Å². The van der Waals surface area contributed by atoms with E-state index in [0.29, 0.717) is 31.8 Å². The van der Waals surface area contributed by atoms with E-state index in [9.17, 15) is 38.8 Å². The summed E-state index contributed by atoms with van der Waals surface area (Å²) in [6, 6.07) is 11.9. The lowest BCUT2D eigenvalue weighted by atomic mass is 10.1. The van der Waals surface area contributed by atoms with Crippen LogP contribution < -0.4 is 4.90 Å². The van der Waals surface area contributed by atoms with Crippen molar-refractivity contribution in [2.45, 2.75) is 58.0 Å². The quantitative estimate of drug-likeness (QED) is 0.0255. The summed E-state index contributed by atoms with van der Waals surface area (Å²) in [6.07, 6.45) is 5.77. The summed E-state index contributed by atoms with van der Waals surface area (Å²) in [6.45, 7) is 2.37. The molecular weight excluding hydrogens is 825 g/mol. The van der Waals surface area contributed by atoms with Gasteiger partial charge in [0.2, 0.25) is 0 Å². The molecule has 21 nitrogen and oxygen atoms in total. The Labute approximate surface area is 353 Å². The van der Waals surface area contributed by atoms with Gasteiger partial charge >= 0.3 is 19.8 Å². The van der Waals surface area contributed by atoms with Crippen LogP contribution in [0.1, 0.15) is 48.2 Å². The highest BCUT2D eigenvalue weighted by Crippen LogP contribution is 2.43. The Morgan fingerprint density at radius 1 is 0.852 bits per heavy atom. The first-order valence-electron chi connectivity index (χ1n) is 19.4. The molecule has 0 bridgehead atoms. The Hall–Kier alpha value is -5.12. The topological polar surface area (TPSA) is 267 Å². The summed E-state index contributed by atoms with van der Waals surface area (Å²) in [7, 11) is -4.52. The van der Waals surface area contributed by atoms with E-state index in [2.05, 4.69) is 29.3 Å². The number of aromatic nitrogens is 4. The van der Waals surface area contributed by atoms with Gasteiger partial charge in [0.25, 0.3) is 12.9 Å². The second-order valence-corrected chi connectivity index (χ2v) is 14.6. The van der Waals surface area contributed by atoms with Crippen LogP contribution in [0, 0.1) is 6.92 Å². The van der Waals surface area contributed by atoms with Gasteiger partial charge in [0, 0.05) is 50.1 Å². The molecule has 3 atom stereocenters. The molecule has 3 unspecified atom stereocenters. The van der Waals surface area contributed by atoms with Crippen LogP contribution in [-0.4, -0.2) is 145 Å². The molecule has 0 aliphatic heterocycles. The van der Waals surface area contributed by atoms with Crippen molar-refractivity contribution in [3.05, 3.63) is 71.3 Å². The first-order valence-corrected chi connectivity index (χ1v) is 20.9. The highest BCUT2D eigenvalue weighted by atomic mass is 31.2. The molecule has 0 saturated heterocycles. The van der Waals surface area contributed by atoms with Gasteiger partial charge in [-0.2, -0.15) is 0 Å². The van der Waals surface area contributed by atoms with Crippen molar-refractivity contribution in [1.82, 2.24) is 20.0 Å². The van der Waals surface area contributed by atoms with Crippen LogP contribution in [-0.2, 0) is 74.4 Å². The maximum Gasteiger partial charge on any atom is 0.472 e. The molecule has 0 radical (unpaired) electrons. The van der Waals surface area contributed by atoms with Crippen LogP contribution in [0.5, 0.6) is 0 Å². The van der Waals surface area contributed by atoms with Gasteiger partial charge in [0.1, 0.15) is 25.5 Å². The normalized spacial score (nSPS) is 13.2. The Kier molecular flexibility index (Phi) is 24.0. The van der Waals surface area contributed by atoms with Crippen molar-refractivity contribution in [3.8, 4) is 0 Å². The Morgan fingerprint density at radius 2 is 1.59 bits per heavy atom. The van der Waals surface area contributed by atoms with Gasteiger partial charge < -0.3 is 48.4 Å². The Balaban J connectivity index is 1.19. The molecule has 3 rings (SSSR count). The average Bonchev–Trinajstić information content (AvgIpc) is 3.70. The number of ether oxygens (including phenoxy) is 6. The monoisotopic (exact) mass is 879 g/mol. The number of phosphoric ester groups is 1. The van der Waals surface area contributed by atoms with E-state index >= 15 is 0 Å². The number of hydrogen-bond donors (Lipinski definition) is 3. The fourth-order valence-corrected chi connectivity index (χ4v) is 5.90. The first-order chi connectivity index (χ1) is 29.5. The number of aryl methyl sites for hydroxylation is 1. The van der Waals surface area contributed by atoms with Crippen LogP contribution in [0.3, 0.4) is 0 Å². The number of aliphatic hydroxyl groups is 2. The molecule has 0 saturated carbocycles. The summed E-state index contributed by atoms with van der Waals surface area (Å²) in [5.41, 5.74) is 4.33. The van der Waals surface area contributed by atoms with Gasteiger partial charge in [-0.05, 0) is 49.1 Å². The fraction of sp³-hybridized carbons (Fsp3) is 0.513. The Morgan fingerprint density at radius 3 is 2.31 bits per heavy atom.